The van der Waals surface area contributed by atoms with Gasteiger partial charge in [-0.1, -0.05) is 26.8 Å². The van der Waals surface area contributed by atoms with Gasteiger partial charge >= 0.3 is 6.03 Å². The molecule has 0 radical (unpaired) electrons. The Morgan fingerprint density at radius 3 is 2.69 bits per heavy atom. The highest BCUT2D eigenvalue weighted by Gasteiger charge is 2.56. The fraction of sp³-hybridized carbons (Fsp3) is 0.667. The Morgan fingerprint density at radius 1 is 1.38 bits per heavy atom. The van der Waals surface area contributed by atoms with Gasteiger partial charge < -0.3 is 15.5 Å². The summed E-state index contributed by atoms with van der Waals surface area (Å²) < 4.78 is 0. The van der Waals surface area contributed by atoms with Crippen LogP contribution in [-0.4, -0.2) is 60.4 Å². The average molecular weight is 421 g/mol. The Balaban J connectivity index is 1.63. The van der Waals surface area contributed by atoms with Gasteiger partial charge in [0.15, 0.2) is 0 Å². The molecule has 3 rings (SSSR count). The van der Waals surface area contributed by atoms with Gasteiger partial charge in [-0.25, -0.2) is 4.79 Å². The summed E-state index contributed by atoms with van der Waals surface area (Å²) in [6, 6.07) is 3.61. The maximum absolute atomic E-state index is 13.2. The molecule has 1 aliphatic heterocycles. The molecule has 2 N–H and O–H groups in total. The van der Waals surface area contributed by atoms with Crippen LogP contribution in [0.25, 0.3) is 0 Å². The number of carbonyl (C=O) groups is 3. The van der Waals surface area contributed by atoms with Crippen LogP contribution in [0.5, 0.6) is 0 Å². The molecule has 3 atom stereocenters. The van der Waals surface area contributed by atoms with E-state index in [4.69, 9.17) is 0 Å². The van der Waals surface area contributed by atoms with E-state index in [9.17, 15) is 14.4 Å². The first-order valence-corrected chi connectivity index (χ1v) is 11.0. The van der Waals surface area contributed by atoms with Crippen molar-refractivity contribution in [1.82, 2.24) is 20.4 Å². The van der Waals surface area contributed by atoms with Crippen molar-refractivity contribution < 1.29 is 14.4 Å². The van der Waals surface area contributed by atoms with Crippen LogP contribution in [0.4, 0.5) is 4.79 Å². The fourth-order valence-corrected chi connectivity index (χ4v) is 6.00. The molecule has 2 fully saturated rings. The van der Waals surface area contributed by atoms with Gasteiger partial charge in [0.25, 0.3) is 5.91 Å². The molecule has 0 bridgehead atoms. The van der Waals surface area contributed by atoms with Crippen molar-refractivity contribution >= 4 is 29.2 Å². The third-order valence-corrected chi connectivity index (χ3v) is 6.89. The van der Waals surface area contributed by atoms with E-state index in [0.29, 0.717) is 25.3 Å². The molecule has 1 aromatic heterocycles. The number of nitrogens with zero attached hydrogens (tertiary/aromatic N) is 2. The molecule has 1 aliphatic carbocycles. The Labute approximate surface area is 176 Å². The van der Waals surface area contributed by atoms with Gasteiger partial charge in [0.2, 0.25) is 5.91 Å². The van der Waals surface area contributed by atoms with Crippen molar-refractivity contribution in [3.63, 3.8) is 0 Å². The second kappa shape index (κ2) is 8.07. The fourth-order valence-electron chi connectivity index (χ4n) is 5.08. The first-order valence-electron chi connectivity index (χ1n) is 10.1. The van der Waals surface area contributed by atoms with Gasteiger partial charge in [-0.15, -0.1) is 11.3 Å². The van der Waals surface area contributed by atoms with Crippen LogP contribution in [-0.2, 0) is 9.59 Å². The molecule has 160 valence electrons. The predicted octanol–water partition coefficient (Wildman–Crippen LogP) is 2.60. The van der Waals surface area contributed by atoms with Crippen LogP contribution in [0.2, 0.25) is 0 Å². The summed E-state index contributed by atoms with van der Waals surface area (Å²) in [5.74, 6) is -0.250. The zero-order valence-corrected chi connectivity index (χ0v) is 18.8. The lowest BCUT2D eigenvalue weighted by Crippen LogP contribution is -2.54. The van der Waals surface area contributed by atoms with Crippen molar-refractivity contribution in [1.29, 1.82) is 0 Å². The second-order valence-corrected chi connectivity index (χ2v) is 10.5. The molecule has 4 amide bonds. The quantitative estimate of drug-likeness (QED) is 0.693. The summed E-state index contributed by atoms with van der Waals surface area (Å²) in [5.41, 5.74) is -0.903. The van der Waals surface area contributed by atoms with Gasteiger partial charge in [0, 0.05) is 11.4 Å². The molecule has 0 aromatic carbocycles. The van der Waals surface area contributed by atoms with Gasteiger partial charge in [0.05, 0.1) is 6.04 Å². The van der Waals surface area contributed by atoms with Crippen LogP contribution in [0.15, 0.2) is 17.5 Å². The zero-order valence-electron chi connectivity index (χ0n) is 17.9. The highest BCUT2D eigenvalue weighted by Crippen LogP contribution is 2.46. The summed E-state index contributed by atoms with van der Waals surface area (Å²) >= 11 is 1.64. The average Bonchev–Trinajstić information content (AvgIpc) is 3.17. The first-order chi connectivity index (χ1) is 13.5. The molecule has 1 saturated heterocycles. The van der Waals surface area contributed by atoms with Crippen molar-refractivity contribution in [2.45, 2.75) is 51.6 Å². The van der Waals surface area contributed by atoms with Crippen molar-refractivity contribution in [2.75, 3.05) is 27.2 Å². The minimum absolute atomic E-state index is 0.0293. The number of rotatable bonds is 6. The number of imide groups is 1. The number of hydrogen-bond donors (Lipinski definition) is 2. The number of thiophene rings is 1. The molecule has 7 nitrogen and oxygen atoms in total. The van der Waals surface area contributed by atoms with Gasteiger partial charge in [0.1, 0.15) is 12.1 Å². The van der Waals surface area contributed by atoms with E-state index in [1.165, 1.54) is 0 Å². The lowest BCUT2D eigenvalue weighted by atomic mass is 9.64. The molecular weight excluding hydrogens is 388 g/mol. The number of carbonyl (C=O) groups excluding carboxylic acids is 3. The maximum atomic E-state index is 13.2. The number of nitrogens with one attached hydrogen (secondary N) is 2. The number of hydrogen-bond acceptors (Lipinski definition) is 5. The third kappa shape index (κ3) is 4.64. The summed E-state index contributed by atoms with van der Waals surface area (Å²) in [6.45, 7) is 6.55. The van der Waals surface area contributed by atoms with E-state index in [-0.39, 0.29) is 29.8 Å². The molecular formula is C21H32N4O3S. The smallest absolute Gasteiger partial charge is 0.325 e. The Bertz CT molecular complexity index is 777. The van der Waals surface area contributed by atoms with Crippen molar-refractivity contribution in [3.05, 3.63) is 22.4 Å². The number of urea groups is 1. The molecule has 1 spiro atoms. The van der Waals surface area contributed by atoms with Crippen molar-refractivity contribution in [3.8, 4) is 0 Å². The molecule has 8 heteroatoms. The van der Waals surface area contributed by atoms with E-state index >= 15 is 0 Å². The largest absolute Gasteiger partial charge is 0.353 e. The summed E-state index contributed by atoms with van der Waals surface area (Å²) in [5, 5.41) is 7.81. The van der Waals surface area contributed by atoms with Crippen LogP contribution < -0.4 is 10.6 Å². The van der Waals surface area contributed by atoms with Crippen LogP contribution in [0.3, 0.4) is 0 Å². The highest BCUT2D eigenvalue weighted by molar-refractivity contribution is 7.10. The lowest BCUT2D eigenvalue weighted by Gasteiger charge is -2.43. The van der Waals surface area contributed by atoms with Gasteiger partial charge in [-0.3, -0.25) is 14.5 Å². The number of likely N-dealkylation sites (N-methyl/N-ethyl adjacent to an activating group) is 1. The SMILES string of the molecule is CC1CC(C)(C)CC2(C1)NC(=O)N(CC(=O)NCC(c1cccs1)N(C)C)C2=O. The van der Waals surface area contributed by atoms with E-state index in [1.807, 2.05) is 36.5 Å². The van der Waals surface area contributed by atoms with E-state index < -0.39 is 11.6 Å². The maximum Gasteiger partial charge on any atom is 0.325 e. The molecule has 1 saturated carbocycles. The van der Waals surface area contributed by atoms with Gasteiger partial charge in [-0.2, -0.15) is 0 Å². The van der Waals surface area contributed by atoms with Crippen molar-refractivity contribution in [2.24, 2.45) is 11.3 Å². The molecule has 2 heterocycles. The first kappa shape index (κ1) is 21.8. The van der Waals surface area contributed by atoms with Crippen LogP contribution in [0.1, 0.15) is 51.0 Å². The number of amides is 4. The minimum atomic E-state index is -0.873. The van der Waals surface area contributed by atoms with Crippen LogP contribution >= 0.6 is 11.3 Å². The van der Waals surface area contributed by atoms with E-state index in [1.54, 1.807) is 11.3 Å². The Kier molecular flexibility index (Phi) is 6.06. The second-order valence-electron chi connectivity index (χ2n) is 9.56. The monoisotopic (exact) mass is 420 g/mol. The summed E-state index contributed by atoms with van der Waals surface area (Å²) in [4.78, 5) is 42.5. The predicted molar refractivity (Wildman–Crippen MR) is 114 cm³/mol. The lowest BCUT2D eigenvalue weighted by molar-refractivity contribution is -0.137. The molecule has 1 aromatic rings. The highest BCUT2D eigenvalue weighted by atomic mass is 32.1. The zero-order chi connectivity index (χ0) is 21.4. The van der Waals surface area contributed by atoms with E-state index in [2.05, 4.69) is 31.4 Å². The van der Waals surface area contributed by atoms with Crippen LogP contribution in [0, 0.1) is 11.3 Å². The molecule has 3 unspecified atom stereocenters. The molecule has 29 heavy (non-hydrogen) atoms. The summed E-state index contributed by atoms with van der Waals surface area (Å²) in [6.07, 6.45) is 2.25. The summed E-state index contributed by atoms with van der Waals surface area (Å²) in [7, 11) is 3.92. The van der Waals surface area contributed by atoms with Gasteiger partial charge in [-0.05, 0) is 56.1 Å². The topological polar surface area (TPSA) is 81.8 Å². The molecule has 2 aliphatic rings. The Morgan fingerprint density at radius 2 is 2.10 bits per heavy atom. The third-order valence-electron chi connectivity index (χ3n) is 5.91. The standard InChI is InChI=1S/C21H32N4O3S/c1-14-9-20(2,3)13-21(10-14)18(27)25(19(28)23-21)12-17(26)22-11-15(24(4)5)16-7-6-8-29-16/h6-8,14-15H,9-13H2,1-5H3,(H,22,26)(H,23,28). The Hall–Kier alpha value is -1.93. The minimum Gasteiger partial charge on any atom is -0.353 e. The van der Waals surface area contributed by atoms with E-state index in [0.717, 1.165) is 16.2 Å². The normalized spacial score (nSPS) is 27.4.